The summed E-state index contributed by atoms with van der Waals surface area (Å²) in [5, 5.41) is 0. The van der Waals surface area contributed by atoms with Crippen LogP contribution in [0.25, 0.3) is 0 Å². The molecule has 0 N–H and O–H groups in total. The van der Waals surface area contributed by atoms with Crippen molar-refractivity contribution in [2.75, 3.05) is 0 Å². The molecule has 4 saturated carbocycles. The van der Waals surface area contributed by atoms with E-state index in [1.807, 2.05) is 0 Å². The molecule has 1 aromatic rings. The molecule has 1 atom stereocenters. The monoisotopic (exact) mass is 346 g/mol. The van der Waals surface area contributed by atoms with Crippen molar-refractivity contribution in [3.63, 3.8) is 0 Å². The van der Waals surface area contributed by atoms with Crippen LogP contribution in [0.5, 0.6) is 0 Å². The van der Waals surface area contributed by atoms with E-state index in [0.29, 0.717) is 4.83 Å². The van der Waals surface area contributed by atoms with Crippen LogP contribution >= 0.6 is 15.9 Å². The van der Waals surface area contributed by atoms with Gasteiger partial charge in [-0.25, -0.2) is 0 Å². The smallest absolute Gasteiger partial charge is 0.0434 e. The molecule has 4 aliphatic carbocycles. The largest absolute Gasteiger partial charge is 0.0835 e. The van der Waals surface area contributed by atoms with Gasteiger partial charge in [0.1, 0.15) is 0 Å². The second-order valence-corrected chi connectivity index (χ2v) is 9.21. The Labute approximate surface area is 137 Å². The number of alkyl halides is 1. The van der Waals surface area contributed by atoms with Gasteiger partial charge in [-0.05, 0) is 99.2 Å². The Bertz CT molecular complexity index is 508. The summed E-state index contributed by atoms with van der Waals surface area (Å²) in [6.07, 6.45) is 7.62. The van der Waals surface area contributed by atoms with Gasteiger partial charge < -0.3 is 0 Å². The van der Waals surface area contributed by atoms with Gasteiger partial charge in [0, 0.05) is 4.83 Å². The number of aryl methyl sites for hydroxylation is 3. The van der Waals surface area contributed by atoms with Gasteiger partial charge in [-0.2, -0.15) is 0 Å². The van der Waals surface area contributed by atoms with Gasteiger partial charge in [-0.1, -0.05) is 33.6 Å². The summed E-state index contributed by atoms with van der Waals surface area (Å²) < 4.78 is 0. The second-order valence-electron chi connectivity index (χ2n) is 8.22. The van der Waals surface area contributed by atoms with E-state index in [2.05, 4.69) is 48.8 Å². The lowest BCUT2D eigenvalue weighted by atomic mass is 9.51. The predicted molar refractivity (Wildman–Crippen MR) is 92.9 cm³/mol. The highest BCUT2D eigenvalue weighted by Crippen LogP contribution is 2.61. The second kappa shape index (κ2) is 5.11. The standard InChI is InChI=1S/C20H27Br/c1-11-4-12(2)18(13(3)5-11)20(21)19-16-7-14-6-15(9-16)10-17(19)8-14/h4-5,14-17,19-20H,6-10H2,1-3H3. The predicted octanol–water partition coefficient (Wildman–Crippen LogP) is 6.12. The summed E-state index contributed by atoms with van der Waals surface area (Å²) in [6, 6.07) is 4.74. The van der Waals surface area contributed by atoms with E-state index >= 15 is 0 Å². The van der Waals surface area contributed by atoms with Crippen LogP contribution in [0.3, 0.4) is 0 Å². The number of hydrogen-bond acceptors (Lipinski definition) is 0. The lowest BCUT2D eigenvalue weighted by molar-refractivity contribution is -0.0365. The van der Waals surface area contributed by atoms with E-state index in [0.717, 1.165) is 29.6 Å². The van der Waals surface area contributed by atoms with E-state index in [1.54, 1.807) is 12.0 Å². The van der Waals surface area contributed by atoms with Crippen LogP contribution in [0.15, 0.2) is 12.1 Å². The van der Waals surface area contributed by atoms with E-state index in [-0.39, 0.29) is 0 Å². The minimum absolute atomic E-state index is 0.577. The molecule has 0 aliphatic heterocycles. The molecule has 1 heteroatoms. The SMILES string of the molecule is Cc1cc(C)c(C(Br)C2C3CC4CC(C3)CC2C4)c(C)c1. The molecular formula is C20H27Br. The molecular weight excluding hydrogens is 320 g/mol. The van der Waals surface area contributed by atoms with Crippen molar-refractivity contribution in [3.05, 3.63) is 34.4 Å². The first-order valence-corrected chi connectivity index (χ1v) is 9.66. The van der Waals surface area contributed by atoms with Gasteiger partial charge in [0.15, 0.2) is 0 Å². The van der Waals surface area contributed by atoms with Crippen LogP contribution in [0.1, 0.15) is 59.2 Å². The van der Waals surface area contributed by atoms with Crippen LogP contribution in [-0.2, 0) is 0 Å². The number of rotatable bonds is 2. The molecule has 0 radical (unpaired) electrons. The summed E-state index contributed by atoms with van der Waals surface area (Å²) in [5.74, 6) is 5.02. The molecule has 0 nitrogen and oxygen atoms in total. The minimum atomic E-state index is 0.577. The van der Waals surface area contributed by atoms with Gasteiger partial charge in [0.2, 0.25) is 0 Å². The average molecular weight is 347 g/mol. The van der Waals surface area contributed by atoms with Crippen LogP contribution < -0.4 is 0 Å². The highest BCUT2D eigenvalue weighted by molar-refractivity contribution is 9.09. The molecule has 5 rings (SSSR count). The maximum Gasteiger partial charge on any atom is 0.0434 e. The first kappa shape index (κ1) is 14.3. The van der Waals surface area contributed by atoms with Crippen molar-refractivity contribution in [2.45, 2.75) is 57.7 Å². The first-order valence-electron chi connectivity index (χ1n) is 8.74. The van der Waals surface area contributed by atoms with Gasteiger partial charge in [0.25, 0.3) is 0 Å². The molecule has 0 spiro atoms. The molecule has 0 heterocycles. The van der Waals surface area contributed by atoms with Crippen LogP contribution in [-0.4, -0.2) is 0 Å². The van der Waals surface area contributed by atoms with Gasteiger partial charge in [-0.3, -0.25) is 0 Å². The number of halogens is 1. The Kier molecular flexibility index (Phi) is 3.48. The molecule has 4 fully saturated rings. The highest BCUT2D eigenvalue weighted by atomic mass is 79.9. The fourth-order valence-electron chi connectivity index (χ4n) is 6.26. The Morgan fingerprint density at radius 2 is 1.33 bits per heavy atom. The third kappa shape index (κ3) is 2.31. The summed E-state index contributed by atoms with van der Waals surface area (Å²) in [6.45, 7) is 6.83. The molecule has 0 aromatic heterocycles. The van der Waals surface area contributed by atoms with Gasteiger partial charge in [0.05, 0.1) is 0 Å². The van der Waals surface area contributed by atoms with E-state index in [4.69, 9.17) is 0 Å². The highest BCUT2D eigenvalue weighted by Gasteiger charge is 2.50. The number of benzene rings is 1. The maximum atomic E-state index is 4.16. The lowest BCUT2D eigenvalue weighted by Gasteiger charge is -2.56. The quantitative estimate of drug-likeness (QED) is 0.565. The molecule has 114 valence electrons. The normalized spacial score (nSPS) is 38.8. The van der Waals surface area contributed by atoms with E-state index in [9.17, 15) is 0 Å². The average Bonchev–Trinajstić information content (AvgIpc) is 2.35. The molecule has 0 saturated heterocycles. The van der Waals surface area contributed by atoms with Crippen molar-refractivity contribution in [2.24, 2.45) is 29.6 Å². The molecule has 21 heavy (non-hydrogen) atoms. The molecule has 1 unspecified atom stereocenters. The Balaban J connectivity index is 1.68. The fraction of sp³-hybridized carbons (Fsp3) is 0.700. The van der Waals surface area contributed by atoms with Crippen LogP contribution in [0, 0.1) is 50.4 Å². The van der Waals surface area contributed by atoms with Crippen molar-refractivity contribution in [3.8, 4) is 0 Å². The lowest BCUT2D eigenvalue weighted by Crippen LogP contribution is -2.46. The van der Waals surface area contributed by atoms with Crippen LogP contribution in [0.4, 0.5) is 0 Å². The molecule has 0 amide bonds. The van der Waals surface area contributed by atoms with Crippen molar-refractivity contribution in [1.82, 2.24) is 0 Å². The summed E-state index contributed by atoms with van der Waals surface area (Å²) in [7, 11) is 0. The first-order chi connectivity index (χ1) is 10.0. The van der Waals surface area contributed by atoms with Crippen molar-refractivity contribution in [1.29, 1.82) is 0 Å². The van der Waals surface area contributed by atoms with Crippen molar-refractivity contribution >= 4 is 15.9 Å². The zero-order chi connectivity index (χ0) is 14.7. The van der Waals surface area contributed by atoms with E-state index < -0.39 is 0 Å². The molecule has 4 bridgehead atoms. The minimum Gasteiger partial charge on any atom is -0.0835 e. The zero-order valence-corrected chi connectivity index (χ0v) is 15.1. The third-order valence-corrected chi connectivity index (χ3v) is 7.72. The third-order valence-electron chi connectivity index (χ3n) is 6.65. The Morgan fingerprint density at radius 3 is 1.81 bits per heavy atom. The topological polar surface area (TPSA) is 0 Å². The summed E-state index contributed by atoms with van der Waals surface area (Å²) >= 11 is 4.16. The molecule has 4 aliphatic rings. The Hall–Kier alpha value is -0.300. The van der Waals surface area contributed by atoms with Gasteiger partial charge in [-0.15, -0.1) is 0 Å². The summed E-state index contributed by atoms with van der Waals surface area (Å²) in [4.78, 5) is 0.577. The number of hydrogen-bond donors (Lipinski definition) is 0. The van der Waals surface area contributed by atoms with E-state index in [1.165, 1.54) is 42.4 Å². The maximum absolute atomic E-state index is 4.16. The zero-order valence-electron chi connectivity index (χ0n) is 13.5. The summed E-state index contributed by atoms with van der Waals surface area (Å²) in [5.41, 5.74) is 5.97. The molecule has 1 aromatic carbocycles. The van der Waals surface area contributed by atoms with Gasteiger partial charge >= 0.3 is 0 Å². The Morgan fingerprint density at radius 1 is 0.857 bits per heavy atom. The fourth-order valence-corrected chi connectivity index (χ4v) is 7.85. The van der Waals surface area contributed by atoms with Crippen LogP contribution in [0.2, 0.25) is 0 Å². The van der Waals surface area contributed by atoms with Crippen molar-refractivity contribution < 1.29 is 0 Å².